The molecule has 1 aromatic carbocycles. The van der Waals surface area contributed by atoms with Crippen LogP contribution in [-0.2, 0) is 0 Å². The molecular weight excluding hydrogens is 148 g/mol. The average Bonchev–Trinajstić information content (AvgIpc) is 2.01. The molecule has 12 heavy (non-hydrogen) atoms. The zero-order valence-electron chi connectivity index (χ0n) is 7.89. The Labute approximate surface area is 74.1 Å². The van der Waals surface area contributed by atoms with Crippen molar-refractivity contribution >= 4 is 0 Å². The van der Waals surface area contributed by atoms with Gasteiger partial charge in [0, 0.05) is 5.92 Å². The Morgan fingerprint density at radius 1 is 1.17 bits per heavy atom. The van der Waals surface area contributed by atoms with Crippen LogP contribution in [0, 0.1) is 19.8 Å². The van der Waals surface area contributed by atoms with E-state index in [1.54, 1.807) is 0 Å². The summed E-state index contributed by atoms with van der Waals surface area (Å²) >= 11 is 0. The molecule has 0 aliphatic heterocycles. The highest BCUT2D eigenvalue weighted by Gasteiger charge is 2.04. The molecule has 0 atom stereocenters. The van der Waals surface area contributed by atoms with Crippen LogP contribution in [0.4, 0.5) is 0 Å². The molecule has 0 heterocycles. The van der Waals surface area contributed by atoms with E-state index in [4.69, 9.17) is 5.11 Å². The molecule has 0 amide bonds. The van der Waals surface area contributed by atoms with Gasteiger partial charge in [0.15, 0.2) is 0 Å². The van der Waals surface area contributed by atoms with Crippen LogP contribution in [0.5, 0.6) is 0 Å². The average molecular weight is 163 g/mol. The first-order valence-corrected chi connectivity index (χ1v) is 4.15. The van der Waals surface area contributed by atoms with Crippen LogP contribution in [-0.4, -0.2) is 11.7 Å². The molecule has 0 bridgehead atoms. The lowest BCUT2D eigenvalue weighted by molar-refractivity contribution is 0.315. The third kappa shape index (κ3) is 2.08. The van der Waals surface area contributed by atoms with E-state index in [2.05, 4.69) is 32.0 Å². The monoisotopic (exact) mass is 163 g/mol. The Morgan fingerprint density at radius 2 is 1.67 bits per heavy atom. The Bertz CT molecular complexity index is 245. The summed E-state index contributed by atoms with van der Waals surface area (Å²) < 4.78 is 0. The third-order valence-corrected chi connectivity index (χ3v) is 1.95. The van der Waals surface area contributed by atoms with Crippen molar-refractivity contribution in [3.8, 4) is 0 Å². The fourth-order valence-corrected chi connectivity index (χ4v) is 1.31. The number of hydrogen-bond donors (Lipinski definition) is 1. The Kier molecular flexibility index (Phi) is 2.88. The molecule has 0 spiro atoms. The summed E-state index contributed by atoms with van der Waals surface area (Å²) in [5, 5.41) is 8.93. The molecule has 1 nitrogen and oxygen atoms in total. The molecule has 0 aliphatic rings. The van der Waals surface area contributed by atoms with Gasteiger partial charge in [-0.3, -0.25) is 0 Å². The highest BCUT2D eigenvalue weighted by atomic mass is 16.3. The molecule has 1 aromatic rings. The van der Waals surface area contributed by atoms with Crippen LogP contribution in [0.2, 0.25) is 0 Å². The van der Waals surface area contributed by atoms with E-state index >= 15 is 0 Å². The van der Waals surface area contributed by atoms with Gasteiger partial charge in [-0.05, 0) is 19.4 Å². The zero-order chi connectivity index (χ0) is 9.14. The molecule has 0 saturated carbocycles. The van der Waals surface area contributed by atoms with E-state index in [1.807, 2.05) is 6.92 Å². The molecule has 65 valence electrons. The minimum absolute atomic E-state index is 0.142. The van der Waals surface area contributed by atoms with Crippen molar-refractivity contribution in [1.29, 1.82) is 0 Å². The molecule has 1 rings (SSSR count). The van der Waals surface area contributed by atoms with Gasteiger partial charge in [0.05, 0.1) is 6.61 Å². The predicted molar refractivity (Wildman–Crippen MR) is 51.0 cm³/mol. The van der Waals surface area contributed by atoms with E-state index in [0.29, 0.717) is 0 Å². The maximum absolute atomic E-state index is 8.93. The lowest BCUT2D eigenvalue weighted by Gasteiger charge is -2.09. The molecule has 1 N–H and O–H groups in total. The Morgan fingerprint density at radius 3 is 2.08 bits per heavy atom. The lowest BCUT2D eigenvalue weighted by atomic mass is 9.98. The van der Waals surface area contributed by atoms with Gasteiger partial charge in [-0.1, -0.05) is 36.2 Å². The van der Waals surface area contributed by atoms with Gasteiger partial charge in [0.25, 0.3) is 0 Å². The standard InChI is InChI=1S/C11H15O/c1-8-4-9(2)6-11(5-8)10(3)7-12/h4-6,12H,7H2,1-3H3. The second kappa shape index (κ2) is 3.72. The van der Waals surface area contributed by atoms with Crippen molar-refractivity contribution in [3.63, 3.8) is 0 Å². The van der Waals surface area contributed by atoms with Crippen LogP contribution in [0.25, 0.3) is 0 Å². The van der Waals surface area contributed by atoms with Crippen LogP contribution < -0.4 is 0 Å². The van der Waals surface area contributed by atoms with Crippen molar-refractivity contribution in [1.82, 2.24) is 0 Å². The molecule has 1 radical (unpaired) electrons. The first-order chi connectivity index (χ1) is 5.63. The molecule has 0 unspecified atom stereocenters. The van der Waals surface area contributed by atoms with E-state index in [9.17, 15) is 0 Å². The quantitative estimate of drug-likeness (QED) is 0.709. The second-order valence-electron chi connectivity index (χ2n) is 3.31. The fraction of sp³-hybridized carbons (Fsp3) is 0.364. The highest BCUT2D eigenvalue weighted by Crippen LogP contribution is 2.16. The van der Waals surface area contributed by atoms with Gasteiger partial charge in [-0.25, -0.2) is 0 Å². The predicted octanol–water partition coefficient (Wildman–Crippen LogP) is 2.24. The number of benzene rings is 1. The minimum Gasteiger partial charge on any atom is -0.395 e. The van der Waals surface area contributed by atoms with Gasteiger partial charge in [-0.2, -0.15) is 0 Å². The summed E-state index contributed by atoms with van der Waals surface area (Å²) in [6.45, 7) is 6.24. The van der Waals surface area contributed by atoms with Crippen molar-refractivity contribution in [2.45, 2.75) is 20.8 Å². The Balaban J connectivity index is 3.00. The van der Waals surface area contributed by atoms with Crippen molar-refractivity contribution in [2.75, 3.05) is 6.61 Å². The van der Waals surface area contributed by atoms with E-state index in [-0.39, 0.29) is 6.61 Å². The maximum atomic E-state index is 8.93. The number of aryl methyl sites for hydroxylation is 2. The van der Waals surface area contributed by atoms with E-state index in [1.165, 1.54) is 11.1 Å². The summed E-state index contributed by atoms with van der Waals surface area (Å²) in [6.07, 6.45) is 0. The second-order valence-corrected chi connectivity index (χ2v) is 3.31. The lowest BCUT2D eigenvalue weighted by Crippen LogP contribution is -2.00. The maximum Gasteiger partial charge on any atom is 0.0534 e. The summed E-state index contributed by atoms with van der Waals surface area (Å²) in [4.78, 5) is 0. The van der Waals surface area contributed by atoms with Crippen LogP contribution in [0.3, 0.4) is 0 Å². The summed E-state index contributed by atoms with van der Waals surface area (Å²) in [5.41, 5.74) is 3.64. The van der Waals surface area contributed by atoms with Crippen molar-refractivity contribution < 1.29 is 5.11 Å². The molecule has 0 saturated heterocycles. The zero-order valence-corrected chi connectivity index (χ0v) is 7.89. The van der Waals surface area contributed by atoms with E-state index in [0.717, 1.165) is 11.5 Å². The van der Waals surface area contributed by atoms with E-state index < -0.39 is 0 Å². The van der Waals surface area contributed by atoms with Crippen LogP contribution >= 0.6 is 0 Å². The number of aliphatic hydroxyl groups is 1. The number of rotatable bonds is 2. The van der Waals surface area contributed by atoms with Gasteiger partial charge in [-0.15, -0.1) is 0 Å². The first-order valence-electron chi connectivity index (χ1n) is 4.15. The van der Waals surface area contributed by atoms with Gasteiger partial charge >= 0.3 is 0 Å². The van der Waals surface area contributed by atoms with Gasteiger partial charge < -0.3 is 5.11 Å². The molecule has 0 aromatic heterocycles. The molecule has 1 heteroatoms. The summed E-state index contributed by atoms with van der Waals surface area (Å²) in [7, 11) is 0. The topological polar surface area (TPSA) is 20.2 Å². The fourth-order valence-electron chi connectivity index (χ4n) is 1.31. The smallest absolute Gasteiger partial charge is 0.0534 e. The molecule has 0 fully saturated rings. The van der Waals surface area contributed by atoms with Crippen molar-refractivity contribution in [2.24, 2.45) is 0 Å². The van der Waals surface area contributed by atoms with Gasteiger partial charge in [0.2, 0.25) is 0 Å². The number of aliphatic hydroxyl groups excluding tert-OH is 1. The minimum atomic E-state index is 0.142. The normalized spacial score (nSPS) is 10.8. The largest absolute Gasteiger partial charge is 0.395 e. The molecular formula is C11H15O. The van der Waals surface area contributed by atoms with Gasteiger partial charge in [0.1, 0.15) is 0 Å². The Hall–Kier alpha value is -0.820. The summed E-state index contributed by atoms with van der Waals surface area (Å²) in [6, 6.07) is 6.32. The summed E-state index contributed by atoms with van der Waals surface area (Å²) in [5.74, 6) is 1.03. The first kappa shape index (κ1) is 9.27. The number of hydrogen-bond acceptors (Lipinski definition) is 1. The van der Waals surface area contributed by atoms with Crippen LogP contribution in [0.15, 0.2) is 18.2 Å². The van der Waals surface area contributed by atoms with Crippen molar-refractivity contribution in [3.05, 3.63) is 40.8 Å². The van der Waals surface area contributed by atoms with Crippen LogP contribution in [0.1, 0.15) is 23.6 Å². The highest BCUT2D eigenvalue weighted by molar-refractivity contribution is 5.36. The molecule has 0 aliphatic carbocycles. The SMILES string of the molecule is C[C](CO)c1cc(C)cc(C)c1. The third-order valence-electron chi connectivity index (χ3n) is 1.95.